The summed E-state index contributed by atoms with van der Waals surface area (Å²) in [5, 5.41) is 10.0. The Hall–Kier alpha value is -3.08. The molecule has 0 bridgehead atoms. The van der Waals surface area contributed by atoms with Gasteiger partial charge in [0.25, 0.3) is 0 Å². The molecule has 0 radical (unpaired) electrons. The number of urea groups is 1. The van der Waals surface area contributed by atoms with Gasteiger partial charge in [0.05, 0.1) is 16.0 Å². The number of alkyl carbamates (subject to hydrolysis) is 1. The number of aromatic nitrogens is 1. The van der Waals surface area contributed by atoms with Gasteiger partial charge in [0.15, 0.2) is 0 Å². The Morgan fingerprint density at radius 2 is 1.80 bits per heavy atom. The number of ether oxygens (including phenoxy) is 1. The van der Waals surface area contributed by atoms with E-state index in [2.05, 4.69) is 47.5 Å². The third kappa shape index (κ3) is 9.76. The molecule has 41 heavy (non-hydrogen) atoms. The van der Waals surface area contributed by atoms with Crippen molar-refractivity contribution in [2.45, 2.75) is 95.3 Å². The topological polar surface area (TPSA) is 104 Å². The minimum absolute atomic E-state index is 0.0917. The molecule has 2 aromatic carbocycles. The summed E-state index contributed by atoms with van der Waals surface area (Å²) in [6.07, 6.45) is 5.29. The summed E-state index contributed by atoms with van der Waals surface area (Å²) < 4.78 is 8.74. The quantitative estimate of drug-likeness (QED) is 0.189. The lowest BCUT2D eigenvalue weighted by Crippen LogP contribution is -2.38. The van der Waals surface area contributed by atoms with E-state index in [9.17, 15) is 9.59 Å². The molecule has 0 saturated heterocycles. The van der Waals surface area contributed by atoms with Gasteiger partial charge >= 0.3 is 12.1 Å². The minimum Gasteiger partial charge on any atom is -0.447 e. The highest BCUT2D eigenvalue weighted by Gasteiger charge is 2.26. The molecule has 10 heteroatoms. The normalized spacial score (nSPS) is 17.2. The minimum atomic E-state index is -0.333. The van der Waals surface area contributed by atoms with Crippen LogP contribution in [-0.2, 0) is 11.3 Å². The first-order chi connectivity index (χ1) is 19.6. The van der Waals surface area contributed by atoms with E-state index < -0.39 is 0 Å². The molecule has 4 rings (SSSR count). The molecule has 1 heterocycles. The number of anilines is 1. The van der Waals surface area contributed by atoms with Gasteiger partial charge in [0.2, 0.25) is 0 Å². The van der Waals surface area contributed by atoms with E-state index in [-0.39, 0.29) is 29.8 Å². The molecule has 0 unspecified atom stereocenters. The maximum Gasteiger partial charge on any atom is 0.407 e. The van der Waals surface area contributed by atoms with E-state index in [0.717, 1.165) is 57.3 Å². The van der Waals surface area contributed by atoms with Crippen LogP contribution in [0.2, 0.25) is 0 Å². The Kier molecular flexibility index (Phi) is 10.7. The Morgan fingerprint density at radius 1 is 1.07 bits per heavy atom. The van der Waals surface area contributed by atoms with Gasteiger partial charge in [-0.3, -0.25) is 4.72 Å². The van der Waals surface area contributed by atoms with Crippen LogP contribution in [0.4, 0.5) is 15.3 Å². The van der Waals surface area contributed by atoms with Crippen molar-refractivity contribution in [1.29, 1.82) is 0 Å². The number of hydrogen-bond donors (Lipinski definition) is 4. The Balaban J connectivity index is 1.42. The van der Waals surface area contributed by atoms with Gasteiger partial charge in [-0.1, -0.05) is 36.4 Å². The van der Waals surface area contributed by atoms with Crippen LogP contribution in [-0.4, -0.2) is 34.8 Å². The second-order valence-electron chi connectivity index (χ2n) is 11.7. The van der Waals surface area contributed by atoms with Crippen LogP contribution < -0.4 is 20.7 Å². The third-order valence-electron chi connectivity index (χ3n) is 6.53. The molecule has 0 aliphatic heterocycles. The van der Waals surface area contributed by atoms with Crippen LogP contribution in [0.25, 0.3) is 10.4 Å². The van der Waals surface area contributed by atoms with Crippen molar-refractivity contribution in [3.05, 3.63) is 65.3 Å². The van der Waals surface area contributed by atoms with Gasteiger partial charge in [-0.15, -0.1) is 11.3 Å². The fourth-order valence-corrected chi connectivity index (χ4v) is 6.63. The van der Waals surface area contributed by atoms with Crippen LogP contribution in [0.15, 0.2) is 59.6 Å². The average molecular weight is 596 g/mol. The van der Waals surface area contributed by atoms with Gasteiger partial charge in [0.1, 0.15) is 0 Å². The Labute approximate surface area is 251 Å². The molecule has 1 aliphatic carbocycles. The van der Waals surface area contributed by atoms with Crippen molar-refractivity contribution in [1.82, 2.24) is 20.3 Å². The van der Waals surface area contributed by atoms with Gasteiger partial charge < -0.3 is 20.7 Å². The number of thiazole rings is 1. The fourth-order valence-electron chi connectivity index (χ4n) is 4.55. The van der Waals surface area contributed by atoms with Crippen LogP contribution >= 0.6 is 23.3 Å². The summed E-state index contributed by atoms with van der Waals surface area (Å²) in [6.45, 7) is 10.5. The number of benzene rings is 2. The average Bonchev–Trinajstić information content (AvgIpc) is 3.41. The number of nitrogens with zero attached hydrogens (tertiary/aromatic N) is 1. The highest BCUT2D eigenvalue weighted by Crippen LogP contribution is 2.41. The van der Waals surface area contributed by atoms with E-state index in [0.29, 0.717) is 12.5 Å². The predicted octanol–water partition coefficient (Wildman–Crippen LogP) is 7.69. The molecule has 0 atom stereocenters. The van der Waals surface area contributed by atoms with Crippen LogP contribution in [0.3, 0.4) is 0 Å². The van der Waals surface area contributed by atoms with E-state index in [1.165, 1.54) is 0 Å². The first-order valence-electron chi connectivity index (χ1n) is 14.2. The zero-order valence-corrected chi connectivity index (χ0v) is 26.1. The summed E-state index contributed by atoms with van der Waals surface area (Å²) in [6, 6.07) is 15.7. The number of hydrogen-bond acceptors (Lipinski definition) is 7. The van der Waals surface area contributed by atoms with Crippen molar-refractivity contribution < 1.29 is 14.3 Å². The second kappa shape index (κ2) is 14.2. The van der Waals surface area contributed by atoms with E-state index >= 15 is 0 Å². The van der Waals surface area contributed by atoms with Gasteiger partial charge in [0, 0.05) is 46.4 Å². The summed E-state index contributed by atoms with van der Waals surface area (Å²) in [5.41, 5.74) is 2.76. The van der Waals surface area contributed by atoms with Crippen LogP contribution in [0, 0.1) is 0 Å². The van der Waals surface area contributed by atoms with Gasteiger partial charge in [-0.2, -0.15) is 0 Å². The maximum atomic E-state index is 12.6. The molecular weight excluding hydrogens is 555 g/mol. The molecule has 8 nitrogen and oxygen atoms in total. The molecule has 3 amide bonds. The molecule has 1 aromatic heterocycles. The van der Waals surface area contributed by atoms with Crippen molar-refractivity contribution in [3.8, 4) is 10.4 Å². The lowest BCUT2D eigenvalue weighted by Gasteiger charge is -2.28. The number of nitrogens with one attached hydrogen (secondary N) is 4. The van der Waals surface area contributed by atoms with E-state index in [1.54, 1.807) is 23.3 Å². The maximum absolute atomic E-state index is 12.6. The summed E-state index contributed by atoms with van der Waals surface area (Å²) in [4.78, 5) is 31.5. The number of amides is 3. The van der Waals surface area contributed by atoms with E-state index in [1.807, 2.05) is 62.5 Å². The first kappa shape index (κ1) is 30.9. The number of carbonyl (C=O) groups is 2. The first-order valence-corrected chi connectivity index (χ1v) is 15.8. The fraction of sp³-hybridized carbons (Fsp3) is 0.452. The SMILES string of the molecule is CC(C)OC(=O)NC1CCC(c2ncc(-c3ccc(NC(=O)NCc4ccccc4)cc3SNC(C)(C)C)s2)CC1. The smallest absolute Gasteiger partial charge is 0.407 e. The predicted molar refractivity (Wildman–Crippen MR) is 168 cm³/mol. The zero-order valence-electron chi connectivity index (χ0n) is 24.5. The van der Waals surface area contributed by atoms with Crippen molar-refractivity contribution >= 4 is 41.1 Å². The van der Waals surface area contributed by atoms with Crippen molar-refractivity contribution in [2.24, 2.45) is 0 Å². The monoisotopic (exact) mass is 595 g/mol. The summed E-state index contributed by atoms with van der Waals surface area (Å²) >= 11 is 3.29. The van der Waals surface area contributed by atoms with Gasteiger partial charge in [-0.05, 0) is 89.9 Å². The largest absolute Gasteiger partial charge is 0.447 e. The van der Waals surface area contributed by atoms with Crippen molar-refractivity contribution in [2.75, 3.05) is 5.32 Å². The zero-order chi connectivity index (χ0) is 29.4. The van der Waals surface area contributed by atoms with Crippen LogP contribution in [0.1, 0.15) is 76.8 Å². The lowest BCUT2D eigenvalue weighted by molar-refractivity contribution is 0.109. The standard InChI is InChI=1S/C31H41N5O3S2/c1-20(2)39-30(38)35-23-13-11-22(12-14-23)28-32-19-27(40-28)25-16-15-24(17-26(25)41-36-31(3,4)5)34-29(37)33-18-21-9-7-6-8-10-21/h6-10,15-17,19-20,22-23,36H,11-14,18H2,1-5H3,(H,35,38)(H2,33,34,37). The number of carbonyl (C=O) groups excluding carboxylic acids is 2. The third-order valence-corrected chi connectivity index (χ3v) is 9.00. The molecule has 1 saturated carbocycles. The summed E-state index contributed by atoms with van der Waals surface area (Å²) in [5.74, 6) is 0.381. The number of rotatable bonds is 9. The molecule has 4 N–H and O–H groups in total. The molecule has 1 aliphatic rings. The molecule has 0 spiro atoms. The Morgan fingerprint density at radius 3 is 2.49 bits per heavy atom. The molecule has 220 valence electrons. The van der Waals surface area contributed by atoms with Crippen LogP contribution in [0.5, 0.6) is 0 Å². The second-order valence-corrected chi connectivity index (χ2v) is 13.6. The van der Waals surface area contributed by atoms with Gasteiger partial charge in [-0.25, -0.2) is 14.6 Å². The molecular formula is C31H41N5O3S2. The summed E-state index contributed by atoms with van der Waals surface area (Å²) in [7, 11) is 0. The highest BCUT2D eigenvalue weighted by atomic mass is 32.2. The molecule has 3 aromatic rings. The van der Waals surface area contributed by atoms with Crippen molar-refractivity contribution in [3.63, 3.8) is 0 Å². The highest BCUT2D eigenvalue weighted by molar-refractivity contribution is 7.97. The van der Waals surface area contributed by atoms with E-state index in [4.69, 9.17) is 9.72 Å². The lowest BCUT2D eigenvalue weighted by atomic mass is 9.86. The molecule has 1 fully saturated rings. The Bertz CT molecular complexity index is 1300.